The maximum Gasteiger partial charge on any atom is 0.212 e. The Morgan fingerprint density at radius 2 is 2.00 bits per heavy atom. The second kappa shape index (κ2) is 7.47. The van der Waals surface area contributed by atoms with E-state index >= 15 is 0 Å². The van der Waals surface area contributed by atoms with Crippen LogP contribution in [0.3, 0.4) is 0 Å². The van der Waals surface area contributed by atoms with E-state index in [2.05, 4.69) is 25.8 Å². The molecule has 6 nitrogen and oxygen atoms in total. The molecule has 0 unspecified atom stereocenters. The molecular formula is C17H18ClN5O. The summed E-state index contributed by atoms with van der Waals surface area (Å²) in [5.41, 5.74) is 1.65. The number of methoxy groups -OCH3 is 1. The lowest BCUT2D eigenvalue weighted by Crippen LogP contribution is -2.46. The third-order valence-corrected chi connectivity index (χ3v) is 4.31. The first-order chi connectivity index (χ1) is 11.7. The Kier molecular flexibility index (Phi) is 5.14. The van der Waals surface area contributed by atoms with Gasteiger partial charge in [-0.25, -0.2) is 9.97 Å². The van der Waals surface area contributed by atoms with E-state index in [1.165, 1.54) is 5.56 Å². The number of aromatic nitrogens is 2. The zero-order chi connectivity index (χ0) is 16.9. The van der Waals surface area contributed by atoms with E-state index in [9.17, 15) is 0 Å². The summed E-state index contributed by atoms with van der Waals surface area (Å²) in [4.78, 5) is 13.1. The second-order valence-electron chi connectivity index (χ2n) is 5.61. The highest BCUT2D eigenvalue weighted by Gasteiger charge is 2.20. The molecule has 0 radical (unpaired) electrons. The van der Waals surface area contributed by atoms with Gasteiger partial charge in [-0.3, -0.25) is 4.90 Å². The Labute approximate surface area is 146 Å². The average Bonchev–Trinajstić information content (AvgIpc) is 2.63. The molecule has 0 amide bonds. The van der Waals surface area contributed by atoms with Crippen molar-refractivity contribution >= 4 is 17.4 Å². The Bertz CT molecular complexity index is 736. The quantitative estimate of drug-likeness (QED) is 0.849. The minimum atomic E-state index is 0.481. The van der Waals surface area contributed by atoms with Crippen LogP contribution in [-0.4, -0.2) is 48.2 Å². The van der Waals surface area contributed by atoms with Crippen LogP contribution in [0.25, 0.3) is 0 Å². The molecule has 2 aromatic heterocycles. The predicted molar refractivity (Wildman–Crippen MR) is 92.2 cm³/mol. The molecule has 1 aliphatic heterocycles. The number of rotatable bonds is 4. The van der Waals surface area contributed by atoms with Crippen LogP contribution in [0.5, 0.6) is 5.88 Å². The molecule has 2 aromatic rings. The maximum absolute atomic E-state index is 8.89. The lowest BCUT2D eigenvalue weighted by Gasteiger charge is -2.35. The monoisotopic (exact) mass is 343 g/mol. The van der Waals surface area contributed by atoms with Crippen LogP contribution >= 0.6 is 11.6 Å². The van der Waals surface area contributed by atoms with Gasteiger partial charge in [0.1, 0.15) is 11.9 Å². The number of pyridine rings is 2. The summed E-state index contributed by atoms with van der Waals surface area (Å²) < 4.78 is 5.08. The zero-order valence-electron chi connectivity index (χ0n) is 13.4. The number of ether oxygens (including phenoxy) is 1. The predicted octanol–water partition coefficient (Wildman–Crippen LogP) is 2.33. The topological polar surface area (TPSA) is 65.3 Å². The van der Waals surface area contributed by atoms with E-state index in [0.29, 0.717) is 16.5 Å². The first-order valence-electron chi connectivity index (χ1n) is 7.71. The van der Waals surface area contributed by atoms with Crippen LogP contribution in [0.4, 0.5) is 5.82 Å². The standard InChI is InChI=1S/C17H18ClN5O/c1-24-16-3-2-13(10-20-16)12-22-4-6-23(7-5-22)17-15(18)8-14(9-19)11-21-17/h2-3,8,10-11H,4-7,12H2,1H3. The summed E-state index contributed by atoms with van der Waals surface area (Å²) in [7, 11) is 1.61. The van der Waals surface area contributed by atoms with Crippen LogP contribution in [0.15, 0.2) is 30.6 Å². The first-order valence-corrected chi connectivity index (χ1v) is 8.09. The highest BCUT2D eigenvalue weighted by Crippen LogP contribution is 2.25. The van der Waals surface area contributed by atoms with Gasteiger partial charge in [0, 0.05) is 51.2 Å². The van der Waals surface area contributed by atoms with Gasteiger partial charge in [0.05, 0.1) is 17.7 Å². The fourth-order valence-electron chi connectivity index (χ4n) is 2.73. The molecule has 3 heterocycles. The average molecular weight is 344 g/mol. The molecule has 1 saturated heterocycles. The smallest absolute Gasteiger partial charge is 0.212 e. The maximum atomic E-state index is 8.89. The molecule has 0 aliphatic carbocycles. The van der Waals surface area contributed by atoms with E-state index in [4.69, 9.17) is 21.6 Å². The van der Waals surface area contributed by atoms with E-state index in [-0.39, 0.29) is 0 Å². The minimum absolute atomic E-state index is 0.481. The largest absolute Gasteiger partial charge is 0.481 e. The molecule has 0 spiro atoms. The van der Waals surface area contributed by atoms with Crippen molar-refractivity contribution in [2.75, 3.05) is 38.2 Å². The van der Waals surface area contributed by atoms with Gasteiger partial charge >= 0.3 is 0 Å². The molecule has 0 atom stereocenters. The fraction of sp³-hybridized carbons (Fsp3) is 0.353. The number of hydrogen-bond donors (Lipinski definition) is 0. The number of nitriles is 1. The summed E-state index contributed by atoms with van der Waals surface area (Å²) in [5.74, 6) is 1.38. The van der Waals surface area contributed by atoms with E-state index in [1.54, 1.807) is 19.4 Å². The molecule has 124 valence electrons. The van der Waals surface area contributed by atoms with Crippen LogP contribution < -0.4 is 9.64 Å². The van der Waals surface area contributed by atoms with Gasteiger partial charge in [0.2, 0.25) is 5.88 Å². The number of anilines is 1. The van der Waals surface area contributed by atoms with Gasteiger partial charge in [-0.2, -0.15) is 5.26 Å². The summed E-state index contributed by atoms with van der Waals surface area (Å²) >= 11 is 6.25. The SMILES string of the molecule is COc1ccc(CN2CCN(c3ncc(C#N)cc3Cl)CC2)cn1. The van der Waals surface area contributed by atoms with Crippen LogP contribution in [-0.2, 0) is 6.54 Å². The number of hydrogen-bond acceptors (Lipinski definition) is 6. The third-order valence-electron chi connectivity index (χ3n) is 4.04. The van der Waals surface area contributed by atoms with Gasteiger partial charge in [0.15, 0.2) is 0 Å². The lowest BCUT2D eigenvalue weighted by molar-refractivity contribution is 0.249. The van der Waals surface area contributed by atoms with E-state index in [0.717, 1.165) is 38.5 Å². The van der Waals surface area contributed by atoms with Crippen molar-refractivity contribution in [3.8, 4) is 11.9 Å². The molecule has 3 rings (SSSR count). The summed E-state index contributed by atoms with van der Waals surface area (Å²) in [6, 6.07) is 7.64. The Morgan fingerprint density at radius 3 is 2.58 bits per heavy atom. The Morgan fingerprint density at radius 1 is 1.21 bits per heavy atom. The normalized spacial score (nSPS) is 15.1. The van der Waals surface area contributed by atoms with Gasteiger partial charge in [-0.15, -0.1) is 0 Å². The van der Waals surface area contributed by atoms with E-state index in [1.807, 2.05) is 18.3 Å². The summed E-state index contributed by atoms with van der Waals surface area (Å²) in [5, 5.41) is 9.42. The molecule has 7 heteroatoms. The fourth-order valence-corrected chi connectivity index (χ4v) is 3.01. The number of piperazine rings is 1. The van der Waals surface area contributed by atoms with Gasteiger partial charge in [0.25, 0.3) is 0 Å². The van der Waals surface area contributed by atoms with E-state index < -0.39 is 0 Å². The highest BCUT2D eigenvalue weighted by atomic mass is 35.5. The number of halogens is 1. The van der Waals surface area contributed by atoms with Crippen molar-refractivity contribution in [3.05, 3.63) is 46.7 Å². The van der Waals surface area contributed by atoms with Gasteiger partial charge < -0.3 is 9.64 Å². The second-order valence-corrected chi connectivity index (χ2v) is 6.02. The Hall–Kier alpha value is -2.36. The first kappa shape index (κ1) is 16.5. The third kappa shape index (κ3) is 3.75. The summed E-state index contributed by atoms with van der Waals surface area (Å²) in [6.07, 6.45) is 3.42. The molecule has 0 bridgehead atoms. The molecule has 0 aromatic carbocycles. The summed E-state index contributed by atoms with van der Waals surface area (Å²) in [6.45, 7) is 4.40. The molecule has 1 fully saturated rings. The zero-order valence-corrected chi connectivity index (χ0v) is 14.2. The molecule has 1 aliphatic rings. The van der Waals surface area contributed by atoms with Crippen molar-refractivity contribution in [1.82, 2.24) is 14.9 Å². The van der Waals surface area contributed by atoms with Crippen LogP contribution in [0, 0.1) is 11.3 Å². The molecular weight excluding hydrogens is 326 g/mol. The molecule has 24 heavy (non-hydrogen) atoms. The lowest BCUT2D eigenvalue weighted by atomic mass is 10.2. The molecule has 0 saturated carbocycles. The van der Waals surface area contributed by atoms with Gasteiger partial charge in [-0.05, 0) is 11.6 Å². The van der Waals surface area contributed by atoms with Crippen LogP contribution in [0.2, 0.25) is 5.02 Å². The Balaban J connectivity index is 1.58. The van der Waals surface area contributed by atoms with Gasteiger partial charge in [-0.1, -0.05) is 17.7 Å². The number of nitrogens with zero attached hydrogens (tertiary/aromatic N) is 5. The van der Waals surface area contributed by atoms with Crippen LogP contribution in [0.1, 0.15) is 11.1 Å². The van der Waals surface area contributed by atoms with Crippen molar-refractivity contribution in [3.63, 3.8) is 0 Å². The van der Waals surface area contributed by atoms with Crippen molar-refractivity contribution in [2.24, 2.45) is 0 Å². The van der Waals surface area contributed by atoms with Crippen molar-refractivity contribution < 1.29 is 4.74 Å². The highest BCUT2D eigenvalue weighted by molar-refractivity contribution is 6.33. The minimum Gasteiger partial charge on any atom is -0.481 e. The van der Waals surface area contributed by atoms with Crippen molar-refractivity contribution in [2.45, 2.75) is 6.54 Å². The van der Waals surface area contributed by atoms with Crippen molar-refractivity contribution in [1.29, 1.82) is 5.26 Å². The molecule has 0 N–H and O–H groups in total.